The van der Waals surface area contributed by atoms with Crippen molar-refractivity contribution in [3.8, 4) is 0 Å². The fraction of sp³-hybridized carbons (Fsp3) is 0.444. The lowest BCUT2D eigenvalue weighted by Gasteiger charge is -2.12. The Balaban J connectivity index is 2.55. The van der Waals surface area contributed by atoms with Crippen LogP contribution in [0.25, 0.3) is 11.2 Å². The number of halogens is 2. The Labute approximate surface area is 102 Å². The molecule has 0 saturated heterocycles. The van der Waals surface area contributed by atoms with Gasteiger partial charge in [-0.1, -0.05) is 11.6 Å². The molecule has 2 aromatic rings. The zero-order chi connectivity index (χ0) is 11.7. The Bertz CT molecular complexity index is 513. The van der Waals surface area contributed by atoms with Crippen LogP contribution in [0, 0.1) is 0 Å². The predicted octanol–water partition coefficient (Wildman–Crippen LogP) is 2.34. The molecule has 0 aromatic carbocycles. The van der Waals surface area contributed by atoms with Gasteiger partial charge in [-0.2, -0.15) is 4.98 Å². The molecule has 1 unspecified atom stereocenters. The molecule has 0 radical (unpaired) electrons. The molecule has 2 rings (SSSR count). The zero-order valence-electron chi connectivity index (χ0n) is 8.81. The summed E-state index contributed by atoms with van der Waals surface area (Å²) in [5.41, 5.74) is 1.17. The van der Waals surface area contributed by atoms with E-state index in [9.17, 15) is 0 Å². The van der Waals surface area contributed by atoms with Crippen molar-refractivity contribution < 1.29 is 4.74 Å². The second-order valence-corrected chi connectivity index (χ2v) is 4.11. The molecule has 7 heteroatoms. The van der Waals surface area contributed by atoms with E-state index >= 15 is 0 Å². The van der Waals surface area contributed by atoms with E-state index in [2.05, 4.69) is 15.0 Å². The Kier molecular flexibility index (Phi) is 3.28. The van der Waals surface area contributed by atoms with Crippen LogP contribution in [0.2, 0.25) is 10.4 Å². The molecular formula is C9H10Cl2N4O. The van der Waals surface area contributed by atoms with Gasteiger partial charge in [0.15, 0.2) is 10.8 Å². The average Bonchev–Trinajstić information content (AvgIpc) is 2.61. The molecule has 0 bridgehead atoms. The molecule has 1 atom stereocenters. The summed E-state index contributed by atoms with van der Waals surface area (Å²) < 4.78 is 6.94. The van der Waals surface area contributed by atoms with Gasteiger partial charge in [0.25, 0.3) is 0 Å². The van der Waals surface area contributed by atoms with Crippen molar-refractivity contribution in [2.75, 3.05) is 13.7 Å². The largest absolute Gasteiger partial charge is 0.383 e. The van der Waals surface area contributed by atoms with Crippen molar-refractivity contribution in [1.29, 1.82) is 0 Å². The lowest BCUT2D eigenvalue weighted by Crippen LogP contribution is -2.10. The van der Waals surface area contributed by atoms with Gasteiger partial charge in [0.2, 0.25) is 5.28 Å². The molecule has 0 N–H and O–H groups in total. The summed E-state index contributed by atoms with van der Waals surface area (Å²) >= 11 is 11.7. The number of rotatable bonds is 3. The molecule has 2 aromatic heterocycles. The summed E-state index contributed by atoms with van der Waals surface area (Å²) in [6, 6.07) is 0.108. The van der Waals surface area contributed by atoms with Gasteiger partial charge in [-0.3, -0.25) is 0 Å². The Morgan fingerprint density at radius 2 is 2.19 bits per heavy atom. The standard InChI is InChI=1S/C9H10Cl2N4O/c1-5(3-16-2)15-4-12-6-7(10)13-9(11)14-8(6)15/h4-5H,3H2,1-2H3. The second kappa shape index (κ2) is 4.53. The molecular weight excluding hydrogens is 251 g/mol. The van der Waals surface area contributed by atoms with E-state index < -0.39 is 0 Å². The van der Waals surface area contributed by atoms with Crippen LogP contribution in [0.3, 0.4) is 0 Å². The molecule has 16 heavy (non-hydrogen) atoms. The Hall–Kier alpha value is -0.910. The minimum Gasteiger partial charge on any atom is -0.383 e. The predicted molar refractivity (Wildman–Crippen MR) is 61.9 cm³/mol. The van der Waals surface area contributed by atoms with E-state index in [1.165, 1.54) is 0 Å². The number of fused-ring (bicyclic) bond motifs is 1. The molecule has 5 nitrogen and oxygen atoms in total. The fourth-order valence-corrected chi connectivity index (χ4v) is 1.92. The molecule has 0 amide bonds. The number of hydrogen-bond acceptors (Lipinski definition) is 4. The topological polar surface area (TPSA) is 52.8 Å². The van der Waals surface area contributed by atoms with Gasteiger partial charge >= 0.3 is 0 Å². The summed E-state index contributed by atoms with van der Waals surface area (Å²) in [4.78, 5) is 12.1. The Morgan fingerprint density at radius 1 is 1.44 bits per heavy atom. The highest BCUT2D eigenvalue weighted by Crippen LogP contribution is 2.22. The van der Waals surface area contributed by atoms with Gasteiger partial charge in [0.05, 0.1) is 19.0 Å². The quantitative estimate of drug-likeness (QED) is 0.628. The highest BCUT2D eigenvalue weighted by atomic mass is 35.5. The van der Waals surface area contributed by atoms with Crippen molar-refractivity contribution in [3.05, 3.63) is 16.8 Å². The average molecular weight is 261 g/mol. The van der Waals surface area contributed by atoms with E-state index in [0.29, 0.717) is 17.8 Å². The molecule has 86 valence electrons. The van der Waals surface area contributed by atoms with Crippen molar-refractivity contribution >= 4 is 34.4 Å². The number of methoxy groups -OCH3 is 1. The third kappa shape index (κ3) is 1.98. The van der Waals surface area contributed by atoms with Crippen LogP contribution in [-0.2, 0) is 4.74 Å². The van der Waals surface area contributed by atoms with E-state index in [-0.39, 0.29) is 16.5 Å². The highest BCUT2D eigenvalue weighted by Gasteiger charge is 2.14. The van der Waals surface area contributed by atoms with E-state index in [0.717, 1.165) is 0 Å². The van der Waals surface area contributed by atoms with Crippen LogP contribution in [-0.4, -0.2) is 33.2 Å². The van der Waals surface area contributed by atoms with Gasteiger partial charge in [-0.05, 0) is 18.5 Å². The molecule has 0 saturated carbocycles. The maximum Gasteiger partial charge on any atom is 0.225 e. The summed E-state index contributed by atoms with van der Waals surface area (Å²) in [7, 11) is 1.64. The molecule has 0 aliphatic rings. The summed E-state index contributed by atoms with van der Waals surface area (Å²) in [5, 5.41) is 0.377. The summed E-state index contributed by atoms with van der Waals surface area (Å²) in [6.07, 6.45) is 1.66. The van der Waals surface area contributed by atoms with Crippen molar-refractivity contribution in [2.45, 2.75) is 13.0 Å². The van der Waals surface area contributed by atoms with Gasteiger partial charge in [0, 0.05) is 7.11 Å². The van der Waals surface area contributed by atoms with E-state index in [4.69, 9.17) is 27.9 Å². The van der Waals surface area contributed by atoms with Crippen LogP contribution in [0.5, 0.6) is 0 Å². The van der Waals surface area contributed by atoms with Crippen LogP contribution < -0.4 is 0 Å². The molecule has 0 spiro atoms. The molecule has 0 fully saturated rings. The van der Waals surface area contributed by atoms with Crippen LogP contribution in [0.1, 0.15) is 13.0 Å². The van der Waals surface area contributed by atoms with Gasteiger partial charge in [-0.25, -0.2) is 9.97 Å². The molecule has 0 aliphatic heterocycles. The first-order chi connectivity index (χ1) is 7.63. The number of nitrogens with zero attached hydrogens (tertiary/aromatic N) is 4. The van der Waals surface area contributed by atoms with E-state index in [1.807, 2.05) is 11.5 Å². The second-order valence-electron chi connectivity index (χ2n) is 3.41. The van der Waals surface area contributed by atoms with Gasteiger partial charge < -0.3 is 9.30 Å². The highest BCUT2D eigenvalue weighted by molar-refractivity contribution is 6.35. The van der Waals surface area contributed by atoms with Gasteiger partial charge in [0.1, 0.15) is 5.52 Å². The first kappa shape index (κ1) is 11.6. The van der Waals surface area contributed by atoms with Crippen molar-refractivity contribution in [3.63, 3.8) is 0 Å². The summed E-state index contributed by atoms with van der Waals surface area (Å²) in [6.45, 7) is 2.55. The maximum absolute atomic E-state index is 5.91. The number of aromatic nitrogens is 4. The van der Waals surface area contributed by atoms with Crippen LogP contribution >= 0.6 is 23.2 Å². The fourth-order valence-electron chi connectivity index (χ4n) is 1.50. The van der Waals surface area contributed by atoms with Crippen LogP contribution in [0.4, 0.5) is 0 Å². The molecule has 0 aliphatic carbocycles. The smallest absolute Gasteiger partial charge is 0.225 e. The third-order valence-corrected chi connectivity index (χ3v) is 2.67. The number of imidazole rings is 1. The minimum absolute atomic E-state index is 0.108. The lowest BCUT2D eigenvalue weighted by molar-refractivity contribution is 0.163. The Morgan fingerprint density at radius 3 is 2.88 bits per heavy atom. The zero-order valence-corrected chi connectivity index (χ0v) is 10.3. The first-order valence-corrected chi connectivity index (χ1v) is 5.43. The minimum atomic E-state index is 0.108. The van der Waals surface area contributed by atoms with E-state index in [1.54, 1.807) is 13.4 Å². The molecule has 2 heterocycles. The normalized spacial score (nSPS) is 13.2. The number of hydrogen-bond donors (Lipinski definition) is 0. The monoisotopic (exact) mass is 260 g/mol. The SMILES string of the molecule is COCC(C)n1cnc2c(Cl)nc(Cl)nc21. The lowest BCUT2D eigenvalue weighted by atomic mass is 10.3. The van der Waals surface area contributed by atoms with Crippen molar-refractivity contribution in [1.82, 2.24) is 19.5 Å². The first-order valence-electron chi connectivity index (χ1n) is 4.68. The number of ether oxygens (including phenoxy) is 1. The van der Waals surface area contributed by atoms with Crippen molar-refractivity contribution in [2.24, 2.45) is 0 Å². The summed E-state index contributed by atoms with van der Waals surface area (Å²) in [5.74, 6) is 0. The third-order valence-electron chi connectivity index (χ3n) is 2.23. The maximum atomic E-state index is 5.91. The van der Waals surface area contributed by atoms with Crippen LogP contribution in [0.15, 0.2) is 6.33 Å². The van der Waals surface area contributed by atoms with Gasteiger partial charge in [-0.15, -0.1) is 0 Å².